The molecule has 0 aromatic carbocycles. The maximum Gasteiger partial charge on any atom is 0.331 e. The Hall–Kier alpha value is -1.32. The molecule has 4 nitrogen and oxygen atoms in total. The first-order valence-electron chi connectivity index (χ1n) is 4.87. The summed E-state index contributed by atoms with van der Waals surface area (Å²) in [6, 6.07) is 0. The minimum absolute atomic E-state index is 0.255. The van der Waals surface area contributed by atoms with Crippen molar-refractivity contribution in [1.29, 1.82) is 0 Å². The van der Waals surface area contributed by atoms with E-state index >= 15 is 0 Å². The number of carbonyl (C=O) groups excluding carboxylic acids is 1. The molecular formula is C11H16O4. The number of rotatable bonds is 2. The number of carboxylic acid groups (broad SMARTS) is 1. The number of aliphatic carboxylic acids is 1. The lowest BCUT2D eigenvalue weighted by molar-refractivity contribution is -0.146. The summed E-state index contributed by atoms with van der Waals surface area (Å²) in [5.41, 5.74) is 0.372. The molecule has 1 unspecified atom stereocenters. The van der Waals surface area contributed by atoms with Crippen molar-refractivity contribution in [3.8, 4) is 0 Å². The Balaban J connectivity index is 2.91. The minimum atomic E-state index is -0.965. The molecule has 0 amide bonds. The SMILES string of the molecule is CC(C(=O)O)=C(C)C1CC(C)(C)C(=O)O1. The van der Waals surface area contributed by atoms with E-state index in [0.29, 0.717) is 12.0 Å². The molecule has 0 aromatic rings. The zero-order chi connectivity index (χ0) is 11.8. The second-order valence-corrected chi connectivity index (χ2v) is 4.60. The van der Waals surface area contributed by atoms with Crippen molar-refractivity contribution in [1.82, 2.24) is 0 Å². The third kappa shape index (κ3) is 2.19. The number of carbonyl (C=O) groups is 2. The summed E-state index contributed by atoms with van der Waals surface area (Å²) in [7, 11) is 0. The van der Waals surface area contributed by atoms with E-state index in [1.807, 2.05) is 0 Å². The lowest BCUT2D eigenvalue weighted by atomic mass is 9.87. The van der Waals surface area contributed by atoms with Crippen LogP contribution in [0.1, 0.15) is 34.1 Å². The molecule has 1 heterocycles. The van der Waals surface area contributed by atoms with Gasteiger partial charge in [0.15, 0.2) is 0 Å². The van der Waals surface area contributed by atoms with E-state index in [2.05, 4.69) is 0 Å². The van der Waals surface area contributed by atoms with E-state index in [9.17, 15) is 9.59 Å². The summed E-state index contributed by atoms with van der Waals surface area (Å²) in [5, 5.41) is 8.81. The van der Waals surface area contributed by atoms with Gasteiger partial charge in [0.05, 0.1) is 5.41 Å². The molecular weight excluding hydrogens is 196 g/mol. The van der Waals surface area contributed by atoms with Crippen LogP contribution in [0.25, 0.3) is 0 Å². The van der Waals surface area contributed by atoms with Crippen LogP contribution in [0.3, 0.4) is 0 Å². The van der Waals surface area contributed by atoms with Gasteiger partial charge in [0.25, 0.3) is 0 Å². The Morgan fingerprint density at radius 3 is 2.33 bits per heavy atom. The first-order valence-corrected chi connectivity index (χ1v) is 4.87. The molecule has 0 spiro atoms. The molecule has 1 aliphatic rings. The van der Waals surface area contributed by atoms with Gasteiger partial charge in [-0.25, -0.2) is 4.79 Å². The molecule has 1 fully saturated rings. The average molecular weight is 212 g/mol. The molecule has 84 valence electrons. The summed E-state index contributed by atoms with van der Waals surface area (Å²) in [6.07, 6.45) is 0.158. The number of carboxylic acids is 1. The zero-order valence-electron chi connectivity index (χ0n) is 9.46. The van der Waals surface area contributed by atoms with Gasteiger partial charge in [0.2, 0.25) is 0 Å². The van der Waals surface area contributed by atoms with E-state index in [-0.39, 0.29) is 17.6 Å². The lowest BCUT2D eigenvalue weighted by Gasteiger charge is -2.12. The van der Waals surface area contributed by atoms with Gasteiger partial charge in [-0.3, -0.25) is 4.79 Å². The Labute approximate surface area is 88.9 Å². The van der Waals surface area contributed by atoms with E-state index in [1.165, 1.54) is 6.92 Å². The Kier molecular flexibility index (Phi) is 2.88. The third-order valence-corrected chi connectivity index (χ3v) is 2.89. The monoisotopic (exact) mass is 212 g/mol. The van der Waals surface area contributed by atoms with Gasteiger partial charge >= 0.3 is 11.9 Å². The number of cyclic esters (lactones) is 1. The standard InChI is InChI=1S/C11H16O4/c1-6(7(2)9(12)13)8-5-11(3,4)10(14)15-8/h8H,5H2,1-4H3,(H,12,13). The van der Waals surface area contributed by atoms with Crippen LogP contribution in [0, 0.1) is 5.41 Å². The molecule has 4 heteroatoms. The van der Waals surface area contributed by atoms with Crippen LogP contribution in [0.5, 0.6) is 0 Å². The van der Waals surface area contributed by atoms with Crippen LogP contribution in [0.2, 0.25) is 0 Å². The molecule has 0 saturated carbocycles. The van der Waals surface area contributed by atoms with Crippen LogP contribution in [-0.2, 0) is 14.3 Å². The lowest BCUT2D eigenvalue weighted by Crippen LogP contribution is -2.16. The maximum absolute atomic E-state index is 11.4. The van der Waals surface area contributed by atoms with Crippen molar-refractivity contribution < 1.29 is 19.4 Å². The Morgan fingerprint density at radius 2 is 2.00 bits per heavy atom. The third-order valence-electron chi connectivity index (χ3n) is 2.89. The number of esters is 1. The zero-order valence-corrected chi connectivity index (χ0v) is 9.46. The maximum atomic E-state index is 11.4. The average Bonchev–Trinajstić information content (AvgIpc) is 2.39. The van der Waals surface area contributed by atoms with Gasteiger partial charge in [0, 0.05) is 12.0 Å². The van der Waals surface area contributed by atoms with Gasteiger partial charge in [0.1, 0.15) is 6.10 Å². The summed E-state index contributed by atoms with van der Waals surface area (Å²) in [5.74, 6) is -1.22. The molecule has 1 atom stereocenters. The first kappa shape index (κ1) is 11.8. The van der Waals surface area contributed by atoms with Crippen molar-refractivity contribution in [3.05, 3.63) is 11.1 Å². The van der Waals surface area contributed by atoms with Crippen molar-refractivity contribution in [3.63, 3.8) is 0 Å². The molecule has 15 heavy (non-hydrogen) atoms. The first-order chi connectivity index (χ1) is 6.75. The van der Waals surface area contributed by atoms with Crippen molar-refractivity contribution >= 4 is 11.9 Å². The van der Waals surface area contributed by atoms with Crippen LogP contribution < -0.4 is 0 Å². The van der Waals surface area contributed by atoms with Crippen LogP contribution in [0.15, 0.2) is 11.1 Å². The van der Waals surface area contributed by atoms with Crippen molar-refractivity contribution in [2.24, 2.45) is 5.41 Å². The minimum Gasteiger partial charge on any atom is -0.478 e. The van der Waals surface area contributed by atoms with Gasteiger partial charge in [-0.1, -0.05) is 0 Å². The predicted octanol–water partition coefficient (Wildman–Crippen LogP) is 1.75. The fourth-order valence-electron chi connectivity index (χ4n) is 1.53. The topological polar surface area (TPSA) is 63.6 Å². The highest BCUT2D eigenvalue weighted by molar-refractivity contribution is 5.87. The number of ether oxygens (including phenoxy) is 1. The second-order valence-electron chi connectivity index (χ2n) is 4.60. The van der Waals surface area contributed by atoms with Crippen LogP contribution in [0.4, 0.5) is 0 Å². The fraction of sp³-hybridized carbons (Fsp3) is 0.636. The van der Waals surface area contributed by atoms with Crippen molar-refractivity contribution in [2.45, 2.75) is 40.2 Å². The van der Waals surface area contributed by atoms with Gasteiger partial charge in [-0.05, 0) is 33.3 Å². The Bertz CT molecular complexity index is 338. The summed E-state index contributed by atoms with van der Waals surface area (Å²) >= 11 is 0. The molecule has 1 saturated heterocycles. The predicted molar refractivity (Wildman–Crippen MR) is 54.3 cm³/mol. The molecule has 1 aliphatic heterocycles. The van der Waals surface area contributed by atoms with Crippen LogP contribution >= 0.6 is 0 Å². The Morgan fingerprint density at radius 1 is 1.47 bits per heavy atom. The quantitative estimate of drug-likeness (QED) is 0.559. The highest BCUT2D eigenvalue weighted by atomic mass is 16.6. The van der Waals surface area contributed by atoms with E-state index in [1.54, 1.807) is 20.8 Å². The normalized spacial score (nSPS) is 25.9. The molecule has 0 aromatic heterocycles. The molecule has 0 aliphatic carbocycles. The van der Waals surface area contributed by atoms with Gasteiger partial charge < -0.3 is 9.84 Å². The smallest absolute Gasteiger partial charge is 0.331 e. The highest BCUT2D eigenvalue weighted by Crippen LogP contribution is 2.36. The highest BCUT2D eigenvalue weighted by Gasteiger charge is 2.42. The molecule has 0 radical (unpaired) electrons. The summed E-state index contributed by atoms with van der Waals surface area (Å²) in [6.45, 7) is 6.83. The summed E-state index contributed by atoms with van der Waals surface area (Å²) in [4.78, 5) is 22.2. The number of hydrogen-bond donors (Lipinski definition) is 1. The van der Waals surface area contributed by atoms with Gasteiger partial charge in [-0.15, -0.1) is 0 Å². The number of hydrogen-bond acceptors (Lipinski definition) is 3. The molecule has 0 bridgehead atoms. The van der Waals surface area contributed by atoms with Crippen molar-refractivity contribution in [2.75, 3.05) is 0 Å². The van der Waals surface area contributed by atoms with E-state index in [4.69, 9.17) is 9.84 Å². The molecule has 1 rings (SSSR count). The summed E-state index contributed by atoms with van der Waals surface area (Å²) < 4.78 is 5.15. The molecule has 1 N–H and O–H groups in total. The largest absolute Gasteiger partial charge is 0.478 e. The van der Waals surface area contributed by atoms with E-state index < -0.39 is 11.4 Å². The van der Waals surface area contributed by atoms with Crippen LogP contribution in [-0.4, -0.2) is 23.1 Å². The second kappa shape index (κ2) is 3.68. The van der Waals surface area contributed by atoms with E-state index in [0.717, 1.165) is 0 Å². The van der Waals surface area contributed by atoms with Gasteiger partial charge in [-0.2, -0.15) is 0 Å². The fourth-order valence-corrected chi connectivity index (χ4v) is 1.53.